The van der Waals surface area contributed by atoms with Crippen LogP contribution in [0.25, 0.3) is 11.1 Å². The van der Waals surface area contributed by atoms with Gasteiger partial charge in [0.25, 0.3) is 0 Å². The number of fused-ring (bicyclic) bond motifs is 1. The number of carbonyl (C=O) groups excluding carboxylic acids is 1. The van der Waals surface area contributed by atoms with Gasteiger partial charge in [0.1, 0.15) is 17.6 Å². The highest BCUT2D eigenvalue weighted by Crippen LogP contribution is 2.17. The SMILES string of the molecule is O=Cc1ccc(OCc2nc3ccccc3o2)cc1. The minimum atomic E-state index is 0.259. The van der Waals surface area contributed by atoms with E-state index in [2.05, 4.69) is 4.98 Å². The zero-order chi connectivity index (χ0) is 13.1. The summed E-state index contributed by atoms with van der Waals surface area (Å²) in [5, 5.41) is 0. The van der Waals surface area contributed by atoms with E-state index in [1.54, 1.807) is 24.3 Å². The summed E-state index contributed by atoms with van der Waals surface area (Å²) in [5.74, 6) is 1.20. The average molecular weight is 253 g/mol. The molecule has 19 heavy (non-hydrogen) atoms. The minimum Gasteiger partial charge on any atom is -0.484 e. The van der Waals surface area contributed by atoms with Gasteiger partial charge in [-0.15, -0.1) is 0 Å². The number of rotatable bonds is 4. The van der Waals surface area contributed by atoms with E-state index in [9.17, 15) is 4.79 Å². The predicted octanol–water partition coefficient (Wildman–Crippen LogP) is 3.22. The van der Waals surface area contributed by atoms with Crippen LogP contribution in [-0.4, -0.2) is 11.3 Å². The highest BCUT2D eigenvalue weighted by atomic mass is 16.5. The molecular weight excluding hydrogens is 242 g/mol. The van der Waals surface area contributed by atoms with Gasteiger partial charge in [-0.25, -0.2) is 4.98 Å². The molecule has 3 aromatic rings. The number of benzene rings is 2. The smallest absolute Gasteiger partial charge is 0.233 e. The van der Waals surface area contributed by atoms with Crippen molar-refractivity contribution in [2.24, 2.45) is 0 Å². The summed E-state index contributed by atoms with van der Waals surface area (Å²) in [6.45, 7) is 0.259. The van der Waals surface area contributed by atoms with Crippen LogP contribution < -0.4 is 4.74 Å². The van der Waals surface area contributed by atoms with Gasteiger partial charge in [0.05, 0.1) is 0 Å². The fourth-order valence-electron chi connectivity index (χ4n) is 1.77. The molecule has 0 spiro atoms. The first-order chi connectivity index (χ1) is 9.35. The Morgan fingerprint density at radius 2 is 1.89 bits per heavy atom. The van der Waals surface area contributed by atoms with Gasteiger partial charge in [0.15, 0.2) is 12.2 Å². The number of aromatic nitrogens is 1. The predicted molar refractivity (Wildman–Crippen MR) is 70.2 cm³/mol. The number of nitrogens with zero attached hydrogens (tertiary/aromatic N) is 1. The van der Waals surface area contributed by atoms with Gasteiger partial charge in [0, 0.05) is 5.56 Å². The standard InChI is InChI=1S/C15H11NO3/c17-9-11-5-7-12(8-6-11)18-10-15-16-13-3-1-2-4-14(13)19-15/h1-9H,10H2. The lowest BCUT2D eigenvalue weighted by molar-refractivity contribution is 0.112. The monoisotopic (exact) mass is 253 g/mol. The first kappa shape index (κ1) is 11.5. The molecule has 4 nitrogen and oxygen atoms in total. The molecule has 0 atom stereocenters. The molecule has 0 aliphatic heterocycles. The van der Waals surface area contributed by atoms with Crippen molar-refractivity contribution >= 4 is 17.4 Å². The lowest BCUT2D eigenvalue weighted by Gasteiger charge is -2.02. The Morgan fingerprint density at radius 3 is 2.63 bits per heavy atom. The summed E-state index contributed by atoms with van der Waals surface area (Å²) in [4.78, 5) is 14.8. The third-order valence-corrected chi connectivity index (χ3v) is 2.72. The van der Waals surface area contributed by atoms with Crippen molar-refractivity contribution in [3.05, 3.63) is 60.0 Å². The molecule has 0 saturated heterocycles. The van der Waals surface area contributed by atoms with E-state index in [1.807, 2.05) is 24.3 Å². The van der Waals surface area contributed by atoms with Crippen LogP contribution >= 0.6 is 0 Å². The molecule has 0 unspecified atom stereocenters. The van der Waals surface area contributed by atoms with Crippen LogP contribution in [0.3, 0.4) is 0 Å². The Hall–Kier alpha value is -2.62. The van der Waals surface area contributed by atoms with Gasteiger partial charge in [-0.2, -0.15) is 0 Å². The zero-order valence-electron chi connectivity index (χ0n) is 10.1. The third-order valence-electron chi connectivity index (χ3n) is 2.72. The van der Waals surface area contributed by atoms with Crippen molar-refractivity contribution in [3.8, 4) is 5.75 Å². The number of ether oxygens (including phenoxy) is 1. The fraction of sp³-hybridized carbons (Fsp3) is 0.0667. The van der Waals surface area contributed by atoms with E-state index in [4.69, 9.17) is 9.15 Å². The molecule has 94 valence electrons. The maximum absolute atomic E-state index is 10.5. The van der Waals surface area contributed by atoms with Gasteiger partial charge >= 0.3 is 0 Å². The average Bonchev–Trinajstić information content (AvgIpc) is 2.88. The zero-order valence-corrected chi connectivity index (χ0v) is 10.1. The molecule has 0 radical (unpaired) electrons. The maximum atomic E-state index is 10.5. The van der Waals surface area contributed by atoms with Gasteiger partial charge in [-0.3, -0.25) is 4.79 Å². The van der Waals surface area contributed by atoms with Gasteiger partial charge < -0.3 is 9.15 Å². The second-order valence-corrected chi connectivity index (χ2v) is 4.05. The Labute approximate surface area is 109 Å². The van der Waals surface area contributed by atoms with E-state index in [0.29, 0.717) is 17.2 Å². The van der Waals surface area contributed by atoms with Gasteiger partial charge in [-0.1, -0.05) is 12.1 Å². The first-order valence-corrected chi connectivity index (χ1v) is 5.87. The molecule has 0 aliphatic rings. The van der Waals surface area contributed by atoms with Crippen LogP contribution in [0.4, 0.5) is 0 Å². The van der Waals surface area contributed by atoms with E-state index in [0.717, 1.165) is 17.4 Å². The largest absolute Gasteiger partial charge is 0.484 e. The van der Waals surface area contributed by atoms with Crippen LogP contribution in [0.5, 0.6) is 5.75 Å². The lowest BCUT2D eigenvalue weighted by atomic mass is 10.2. The molecule has 4 heteroatoms. The molecule has 0 N–H and O–H groups in total. The number of para-hydroxylation sites is 2. The second-order valence-electron chi connectivity index (χ2n) is 4.05. The Bertz CT molecular complexity index is 668. The van der Waals surface area contributed by atoms with Crippen LogP contribution in [0, 0.1) is 0 Å². The molecule has 1 aromatic heterocycles. The van der Waals surface area contributed by atoms with Crippen LogP contribution in [0.2, 0.25) is 0 Å². The second kappa shape index (κ2) is 4.94. The van der Waals surface area contributed by atoms with Crippen LogP contribution in [0.15, 0.2) is 52.9 Å². The molecular formula is C15H11NO3. The molecule has 3 rings (SSSR count). The molecule has 0 aliphatic carbocycles. The number of hydrogen-bond donors (Lipinski definition) is 0. The van der Waals surface area contributed by atoms with Crippen LogP contribution in [-0.2, 0) is 6.61 Å². The van der Waals surface area contributed by atoms with E-state index >= 15 is 0 Å². The topological polar surface area (TPSA) is 52.3 Å². The molecule has 0 bridgehead atoms. The Balaban J connectivity index is 1.72. The van der Waals surface area contributed by atoms with E-state index < -0.39 is 0 Å². The number of hydrogen-bond acceptors (Lipinski definition) is 4. The Kier molecular flexibility index (Phi) is 2.98. The summed E-state index contributed by atoms with van der Waals surface area (Å²) < 4.78 is 11.1. The number of carbonyl (C=O) groups is 1. The van der Waals surface area contributed by atoms with E-state index in [-0.39, 0.29) is 6.61 Å². The summed E-state index contributed by atoms with van der Waals surface area (Å²) >= 11 is 0. The molecule has 2 aromatic carbocycles. The van der Waals surface area contributed by atoms with Crippen molar-refractivity contribution in [2.75, 3.05) is 0 Å². The molecule has 0 fully saturated rings. The van der Waals surface area contributed by atoms with E-state index in [1.165, 1.54) is 0 Å². The highest BCUT2D eigenvalue weighted by molar-refractivity contribution is 5.74. The van der Waals surface area contributed by atoms with Crippen molar-refractivity contribution < 1.29 is 13.9 Å². The third kappa shape index (κ3) is 2.47. The summed E-state index contributed by atoms with van der Waals surface area (Å²) in [7, 11) is 0. The summed E-state index contributed by atoms with van der Waals surface area (Å²) in [6, 6.07) is 14.5. The van der Waals surface area contributed by atoms with Crippen molar-refractivity contribution in [3.63, 3.8) is 0 Å². The molecule has 0 amide bonds. The summed E-state index contributed by atoms with van der Waals surface area (Å²) in [6.07, 6.45) is 0.796. The normalized spacial score (nSPS) is 10.5. The molecule has 0 saturated carbocycles. The summed E-state index contributed by atoms with van der Waals surface area (Å²) in [5.41, 5.74) is 2.18. The van der Waals surface area contributed by atoms with Gasteiger partial charge in [0.2, 0.25) is 5.89 Å². The number of oxazole rings is 1. The fourth-order valence-corrected chi connectivity index (χ4v) is 1.77. The van der Waals surface area contributed by atoms with Crippen LogP contribution in [0.1, 0.15) is 16.2 Å². The van der Waals surface area contributed by atoms with Crippen molar-refractivity contribution in [1.29, 1.82) is 0 Å². The van der Waals surface area contributed by atoms with Gasteiger partial charge in [-0.05, 0) is 36.4 Å². The first-order valence-electron chi connectivity index (χ1n) is 5.87. The Morgan fingerprint density at radius 1 is 1.11 bits per heavy atom. The maximum Gasteiger partial charge on any atom is 0.233 e. The number of aldehydes is 1. The quantitative estimate of drug-likeness (QED) is 0.670. The van der Waals surface area contributed by atoms with Crippen molar-refractivity contribution in [2.45, 2.75) is 6.61 Å². The molecule has 1 heterocycles. The lowest BCUT2D eigenvalue weighted by Crippen LogP contribution is -1.95. The minimum absolute atomic E-state index is 0.259. The highest BCUT2D eigenvalue weighted by Gasteiger charge is 2.05. The van der Waals surface area contributed by atoms with Crippen molar-refractivity contribution in [1.82, 2.24) is 4.98 Å².